The fourth-order valence-electron chi connectivity index (χ4n) is 3.82. The summed E-state index contributed by atoms with van der Waals surface area (Å²) in [4.78, 5) is 11.9. The highest BCUT2D eigenvalue weighted by molar-refractivity contribution is 5.96. The Hall–Kier alpha value is -2.03. The monoisotopic (exact) mass is 356 g/mol. The largest absolute Gasteiger partial charge is 0.481 e. The first-order valence-electron chi connectivity index (χ1n) is 9.72. The normalized spacial score (nSPS) is 18.3. The van der Waals surface area contributed by atoms with Gasteiger partial charge in [-0.25, -0.2) is 4.79 Å². The van der Waals surface area contributed by atoms with Crippen molar-refractivity contribution in [1.29, 1.82) is 0 Å². The van der Waals surface area contributed by atoms with Crippen molar-refractivity contribution in [3.05, 3.63) is 41.5 Å². The van der Waals surface area contributed by atoms with Crippen molar-refractivity contribution in [2.24, 2.45) is 0 Å². The van der Waals surface area contributed by atoms with Gasteiger partial charge in [0.05, 0.1) is 0 Å². The second kappa shape index (κ2) is 8.11. The Morgan fingerprint density at radius 1 is 1.08 bits per heavy atom. The SMILES string of the molecule is CC.CCC1c2ccc(OCC(=O)OC(C)(C)C)c3cccc(c23)C1C. The second-order valence-corrected chi connectivity index (χ2v) is 7.60. The maximum absolute atomic E-state index is 11.9. The van der Waals surface area contributed by atoms with E-state index < -0.39 is 5.60 Å². The molecule has 2 atom stereocenters. The van der Waals surface area contributed by atoms with Crippen LogP contribution in [-0.2, 0) is 9.53 Å². The van der Waals surface area contributed by atoms with E-state index in [2.05, 4.69) is 38.1 Å². The van der Waals surface area contributed by atoms with Crippen LogP contribution >= 0.6 is 0 Å². The minimum absolute atomic E-state index is 0.0668. The first kappa shape index (κ1) is 20.3. The highest BCUT2D eigenvalue weighted by Crippen LogP contribution is 2.49. The fraction of sp³-hybridized carbons (Fsp3) is 0.522. The molecule has 0 saturated carbocycles. The fourth-order valence-corrected chi connectivity index (χ4v) is 3.82. The zero-order valence-electron chi connectivity index (χ0n) is 17.2. The first-order chi connectivity index (χ1) is 12.3. The Morgan fingerprint density at radius 2 is 1.77 bits per heavy atom. The summed E-state index contributed by atoms with van der Waals surface area (Å²) in [5, 5.41) is 2.40. The minimum Gasteiger partial charge on any atom is -0.481 e. The topological polar surface area (TPSA) is 35.5 Å². The van der Waals surface area contributed by atoms with Crippen LogP contribution in [0.2, 0.25) is 0 Å². The second-order valence-electron chi connectivity index (χ2n) is 7.60. The van der Waals surface area contributed by atoms with Crippen LogP contribution in [0.1, 0.15) is 77.8 Å². The highest BCUT2D eigenvalue weighted by Gasteiger charge is 2.30. The van der Waals surface area contributed by atoms with Crippen LogP contribution in [0.25, 0.3) is 10.8 Å². The van der Waals surface area contributed by atoms with E-state index in [-0.39, 0.29) is 12.6 Å². The molecule has 1 aliphatic rings. The molecule has 26 heavy (non-hydrogen) atoms. The van der Waals surface area contributed by atoms with Gasteiger partial charge in [-0.3, -0.25) is 0 Å². The predicted octanol–water partition coefficient (Wildman–Crippen LogP) is 6.20. The number of carbonyl (C=O) groups is 1. The lowest BCUT2D eigenvalue weighted by Gasteiger charge is -2.19. The van der Waals surface area contributed by atoms with E-state index >= 15 is 0 Å². The van der Waals surface area contributed by atoms with Gasteiger partial charge in [-0.1, -0.05) is 52.0 Å². The summed E-state index contributed by atoms with van der Waals surface area (Å²) in [5.74, 6) is 1.50. The van der Waals surface area contributed by atoms with E-state index in [0.29, 0.717) is 11.8 Å². The molecule has 0 fully saturated rings. The standard InChI is InChI=1S/C21H26O3.C2H6/c1-6-14-13(2)15-8-7-9-17-18(11-10-16(14)20(15)17)23-12-19(22)24-21(3,4)5;1-2/h7-11,13-14H,6,12H2,1-5H3;1-2H3. The van der Waals surface area contributed by atoms with Crippen LogP contribution in [0.15, 0.2) is 30.3 Å². The molecule has 3 nitrogen and oxygen atoms in total. The summed E-state index contributed by atoms with van der Waals surface area (Å²) in [6.07, 6.45) is 1.13. The Labute approximate surface area is 157 Å². The molecular weight excluding hydrogens is 324 g/mol. The summed E-state index contributed by atoms with van der Waals surface area (Å²) < 4.78 is 11.1. The first-order valence-corrected chi connectivity index (χ1v) is 9.72. The zero-order valence-corrected chi connectivity index (χ0v) is 17.2. The molecule has 0 spiro atoms. The van der Waals surface area contributed by atoms with E-state index in [4.69, 9.17) is 9.47 Å². The third-order valence-electron chi connectivity index (χ3n) is 4.76. The number of carbonyl (C=O) groups excluding carboxylic acids is 1. The van der Waals surface area contributed by atoms with Crippen LogP contribution in [0.5, 0.6) is 5.75 Å². The summed E-state index contributed by atoms with van der Waals surface area (Å²) in [6, 6.07) is 10.5. The van der Waals surface area contributed by atoms with E-state index in [0.717, 1.165) is 17.6 Å². The molecule has 0 aliphatic heterocycles. The lowest BCUT2D eigenvalue weighted by molar-refractivity contribution is -0.157. The molecule has 2 aromatic carbocycles. The molecule has 0 heterocycles. The van der Waals surface area contributed by atoms with Crippen molar-refractivity contribution in [3.8, 4) is 5.75 Å². The van der Waals surface area contributed by atoms with E-state index in [1.54, 1.807) is 0 Å². The molecule has 3 heteroatoms. The molecule has 142 valence electrons. The number of hydrogen-bond acceptors (Lipinski definition) is 3. The van der Waals surface area contributed by atoms with Gasteiger partial charge in [-0.15, -0.1) is 0 Å². The van der Waals surface area contributed by atoms with Gasteiger partial charge in [0.25, 0.3) is 0 Å². The average molecular weight is 357 g/mol. The van der Waals surface area contributed by atoms with Crippen LogP contribution in [-0.4, -0.2) is 18.2 Å². The number of benzene rings is 2. The molecule has 0 radical (unpaired) electrons. The van der Waals surface area contributed by atoms with Crippen LogP contribution < -0.4 is 4.74 Å². The number of ether oxygens (including phenoxy) is 2. The van der Waals surface area contributed by atoms with Crippen molar-refractivity contribution in [1.82, 2.24) is 0 Å². The van der Waals surface area contributed by atoms with Crippen molar-refractivity contribution < 1.29 is 14.3 Å². The molecular formula is C23H32O3. The summed E-state index contributed by atoms with van der Waals surface area (Å²) in [5.41, 5.74) is 2.30. The molecule has 0 bridgehead atoms. The van der Waals surface area contributed by atoms with Crippen LogP contribution in [0.3, 0.4) is 0 Å². The van der Waals surface area contributed by atoms with E-state index in [9.17, 15) is 4.79 Å². The molecule has 0 N–H and O–H groups in total. The van der Waals surface area contributed by atoms with Gasteiger partial charge in [-0.05, 0) is 61.6 Å². The number of esters is 1. The molecule has 2 unspecified atom stereocenters. The maximum atomic E-state index is 11.9. The van der Waals surface area contributed by atoms with Crippen LogP contribution in [0, 0.1) is 0 Å². The Morgan fingerprint density at radius 3 is 2.38 bits per heavy atom. The van der Waals surface area contributed by atoms with Gasteiger partial charge in [-0.2, -0.15) is 0 Å². The van der Waals surface area contributed by atoms with Gasteiger partial charge in [0.15, 0.2) is 6.61 Å². The summed E-state index contributed by atoms with van der Waals surface area (Å²) in [6.45, 7) is 14.0. The van der Waals surface area contributed by atoms with Gasteiger partial charge in [0.1, 0.15) is 11.4 Å². The zero-order chi connectivity index (χ0) is 19.5. The summed E-state index contributed by atoms with van der Waals surface area (Å²) >= 11 is 0. The lowest BCUT2D eigenvalue weighted by Crippen LogP contribution is -2.27. The van der Waals surface area contributed by atoms with Gasteiger partial charge in [0.2, 0.25) is 0 Å². The van der Waals surface area contributed by atoms with Crippen molar-refractivity contribution in [2.75, 3.05) is 6.61 Å². The van der Waals surface area contributed by atoms with Gasteiger partial charge in [0, 0.05) is 5.39 Å². The highest BCUT2D eigenvalue weighted by atomic mass is 16.6. The van der Waals surface area contributed by atoms with Crippen LogP contribution in [0.4, 0.5) is 0 Å². The molecule has 3 rings (SSSR count). The lowest BCUT2D eigenvalue weighted by atomic mass is 9.89. The average Bonchev–Trinajstić information content (AvgIpc) is 2.88. The Bertz CT molecular complexity index is 771. The molecule has 2 aromatic rings. The number of rotatable bonds is 4. The third kappa shape index (κ3) is 4.03. The van der Waals surface area contributed by atoms with Crippen molar-refractivity contribution in [2.45, 2.75) is 72.3 Å². The quantitative estimate of drug-likeness (QED) is 0.612. The minimum atomic E-state index is -0.494. The summed E-state index contributed by atoms with van der Waals surface area (Å²) in [7, 11) is 0. The van der Waals surface area contributed by atoms with E-state index in [1.807, 2.05) is 40.7 Å². The van der Waals surface area contributed by atoms with Gasteiger partial charge >= 0.3 is 5.97 Å². The molecule has 0 amide bonds. The predicted molar refractivity (Wildman–Crippen MR) is 108 cm³/mol. The number of hydrogen-bond donors (Lipinski definition) is 0. The third-order valence-corrected chi connectivity index (χ3v) is 4.76. The Balaban J connectivity index is 0.00000117. The molecule has 0 aromatic heterocycles. The Kier molecular flexibility index (Phi) is 6.33. The molecule has 1 aliphatic carbocycles. The van der Waals surface area contributed by atoms with E-state index in [1.165, 1.54) is 16.5 Å². The molecule has 0 saturated heterocycles. The maximum Gasteiger partial charge on any atom is 0.344 e. The van der Waals surface area contributed by atoms with Crippen molar-refractivity contribution in [3.63, 3.8) is 0 Å². The smallest absolute Gasteiger partial charge is 0.344 e. The van der Waals surface area contributed by atoms with Crippen molar-refractivity contribution >= 4 is 16.7 Å². The van der Waals surface area contributed by atoms with Gasteiger partial charge < -0.3 is 9.47 Å².